The lowest BCUT2D eigenvalue weighted by Crippen LogP contribution is -2.41. The summed E-state index contributed by atoms with van der Waals surface area (Å²) in [5.74, 6) is 0.797. The van der Waals surface area contributed by atoms with Gasteiger partial charge in [-0.05, 0) is 41.5 Å². The molecular formula is C21H20N2O2. The van der Waals surface area contributed by atoms with Crippen LogP contribution in [-0.2, 0) is 4.79 Å². The summed E-state index contributed by atoms with van der Waals surface area (Å²) in [5, 5.41) is 9.05. The van der Waals surface area contributed by atoms with E-state index in [0.717, 1.165) is 29.7 Å². The van der Waals surface area contributed by atoms with Crippen LogP contribution in [0.5, 0.6) is 5.75 Å². The highest BCUT2D eigenvalue weighted by molar-refractivity contribution is 5.87. The van der Waals surface area contributed by atoms with E-state index < -0.39 is 0 Å². The molecule has 0 aliphatic carbocycles. The Bertz CT molecular complexity index is 815. The van der Waals surface area contributed by atoms with E-state index in [2.05, 4.69) is 12.6 Å². The van der Waals surface area contributed by atoms with Crippen LogP contribution >= 0.6 is 0 Å². The van der Waals surface area contributed by atoms with Gasteiger partial charge in [0.15, 0.2) is 0 Å². The molecule has 1 fully saturated rings. The molecule has 2 aromatic carbocycles. The summed E-state index contributed by atoms with van der Waals surface area (Å²) in [7, 11) is 0. The maximum Gasteiger partial charge on any atom is 0.245 e. The Labute approximate surface area is 148 Å². The minimum atomic E-state index is -0.0159. The van der Waals surface area contributed by atoms with Crippen LogP contribution in [0, 0.1) is 11.3 Å². The molecule has 0 atom stereocenters. The number of amides is 1. The van der Waals surface area contributed by atoms with Crippen molar-refractivity contribution in [3.05, 3.63) is 66.7 Å². The van der Waals surface area contributed by atoms with E-state index in [1.165, 1.54) is 6.08 Å². The first-order valence-electron chi connectivity index (χ1n) is 8.38. The summed E-state index contributed by atoms with van der Waals surface area (Å²) >= 11 is 0. The molecule has 0 bridgehead atoms. The second-order valence-electron chi connectivity index (χ2n) is 6.07. The van der Waals surface area contributed by atoms with Gasteiger partial charge in [-0.1, -0.05) is 30.8 Å². The lowest BCUT2D eigenvalue weighted by Gasteiger charge is -2.31. The molecule has 0 spiro atoms. The van der Waals surface area contributed by atoms with Crippen LogP contribution in [0.2, 0.25) is 0 Å². The number of benzene rings is 2. The van der Waals surface area contributed by atoms with Crippen molar-refractivity contribution in [3.63, 3.8) is 0 Å². The highest BCUT2D eigenvalue weighted by Crippen LogP contribution is 2.26. The summed E-state index contributed by atoms with van der Waals surface area (Å²) < 4.78 is 6.11. The molecule has 1 amide bonds. The van der Waals surface area contributed by atoms with E-state index in [-0.39, 0.29) is 12.0 Å². The fourth-order valence-corrected chi connectivity index (χ4v) is 3.03. The molecule has 1 aliphatic rings. The third kappa shape index (κ3) is 4.07. The van der Waals surface area contributed by atoms with Gasteiger partial charge in [0.05, 0.1) is 11.6 Å². The van der Waals surface area contributed by atoms with Gasteiger partial charge in [0.25, 0.3) is 0 Å². The zero-order valence-corrected chi connectivity index (χ0v) is 14.0. The molecule has 0 aromatic heterocycles. The molecule has 25 heavy (non-hydrogen) atoms. The van der Waals surface area contributed by atoms with Gasteiger partial charge in [-0.2, -0.15) is 5.26 Å². The minimum Gasteiger partial charge on any atom is -0.490 e. The Morgan fingerprint density at radius 1 is 1.16 bits per heavy atom. The van der Waals surface area contributed by atoms with Crippen LogP contribution in [0.4, 0.5) is 0 Å². The Kier molecular flexibility index (Phi) is 5.15. The maximum atomic E-state index is 11.6. The van der Waals surface area contributed by atoms with Crippen LogP contribution in [0.1, 0.15) is 18.4 Å². The Morgan fingerprint density at radius 2 is 1.84 bits per heavy atom. The monoisotopic (exact) mass is 332 g/mol. The fourth-order valence-electron chi connectivity index (χ4n) is 3.03. The Morgan fingerprint density at radius 3 is 2.52 bits per heavy atom. The zero-order chi connectivity index (χ0) is 17.6. The van der Waals surface area contributed by atoms with Crippen molar-refractivity contribution in [2.75, 3.05) is 13.1 Å². The highest BCUT2D eigenvalue weighted by atomic mass is 16.5. The minimum absolute atomic E-state index is 0.0159. The van der Waals surface area contributed by atoms with Crippen LogP contribution < -0.4 is 4.74 Å². The van der Waals surface area contributed by atoms with Crippen molar-refractivity contribution < 1.29 is 9.53 Å². The number of likely N-dealkylation sites (tertiary alicyclic amines) is 1. The third-order valence-corrected chi connectivity index (χ3v) is 4.39. The Balaban J connectivity index is 1.68. The number of nitrogens with zero attached hydrogens (tertiary/aromatic N) is 2. The smallest absolute Gasteiger partial charge is 0.245 e. The van der Waals surface area contributed by atoms with Crippen LogP contribution in [-0.4, -0.2) is 30.0 Å². The molecule has 4 nitrogen and oxygen atoms in total. The summed E-state index contributed by atoms with van der Waals surface area (Å²) in [4.78, 5) is 13.4. The zero-order valence-electron chi connectivity index (χ0n) is 14.0. The summed E-state index contributed by atoms with van der Waals surface area (Å²) in [6, 6.07) is 17.6. The first kappa shape index (κ1) is 16.8. The number of ether oxygens (including phenoxy) is 1. The van der Waals surface area contributed by atoms with Crippen LogP contribution in [0.3, 0.4) is 0 Å². The molecule has 1 heterocycles. The molecule has 2 aromatic rings. The lowest BCUT2D eigenvalue weighted by atomic mass is 10.0. The van der Waals surface area contributed by atoms with E-state index in [1.54, 1.807) is 11.0 Å². The topological polar surface area (TPSA) is 53.3 Å². The predicted molar refractivity (Wildman–Crippen MR) is 97.0 cm³/mol. The second kappa shape index (κ2) is 7.67. The summed E-state index contributed by atoms with van der Waals surface area (Å²) in [6.07, 6.45) is 3.09. The molecule has 1 aliphatic heterocycles. The molecule has 0 N–H and O–H groups in total. The summed E-state index contributed by atoms with van der Waals surface area (Å²) in [5.41, 5.74) is 2.66. The van der Waals surface area contributed by atoms with E-state index in [4.69, 9.17) is 10.00 Å². The van der Waals surface area contributed by atoms with Gasteiger partial charge in [-0.3, -0.25) is 4.79 Å². The van der Waals surface area contributed by atoms with Gasteiger partial charge in [-0.25, -0.2) is 0 Å². The third-order valence-electron chi connectivity index (χ3n) is 4.39. The van der Waals surface area contributed by atoms with Gasteiger partial charge in [0.1, 0.15) is 11.9 Å². The van der Waals surface area contributed by atoms with Crippen LogP contribution in [0.15, 0.2) is 61.2 Å². The summed E-state index contributed by atoms with van der Waals surface area (Å²) in [6.45, 7) is 4.92. The number of hydrogen-bond acceptors (Lipinski definition) is 3. The number of nitriles is 1. The largest absolute Gasteiger partial charge is 0.490 e. The number of piperidine rings is 1. The van der Waals surface area contributed by atoms with Gasteiger partial charge < -0.3 is 9.64 Å². The standard InChI is InChI=1S/C21H20N2O2/c1-2-21(24)23-11-9-19(10-12-23)25-20-8-4-7-18(14-20)17-6-3-5-16(13-17)15-22/h2-8,13-14,19H,1,9-12H2. The SMILES string of the molecule is C=CC(=O)N1CCC(Oc2cccc(-c3cccc(C#N)c3)c2)CC1. The number of carbonyl (C=O) groups excluding carboxylic acids is 1. The first-order chi connectivity index (χ1) is 12.2. The van der Waals surface area contributed by atoms with Crippen molar-refractivity contribution in [2.24, 2.45) is 0 Å². The molecular weight excluding hydrogens is 312 g/mol. The maximum absolute atomic E-state index is 11.6. The van der Waals surface area contributed by atoms with E-state index in [0.29, 0.717) is 18.7 Å². The number of rotatable bonds is 4. The van der Waals surface area contributed by atoms with Gasteiger partial charge in [0, 0.05) is 25.9 Å². The Hall–Kier alpha value is -3.06. The van der Waals surface area contributed by atoms with Crippen molar-refractivity contribution in [2.45, 2.75) is 18.9 Å². The molecule has 0 radical (unpaired) electrons. The van der Waals surface area contributed by atoms with E-state index >= 15 is 0 Å². The molecule has 1 saturated heterocycles. The van der Waals surface area contributed by atoms with E-state index in [9.17, 15) is 4.79 Å². The van der Waals surface area contributed by atoms with Crippen molar-refractivity contribution >= 4 is 5.91 Å². The molecule has 126 valence electrons. The average Bonchev–Trinajstić information content (AvgIpc) is 2.68. The average molecular weight is 332 g/mol. The molecule has 0 unspecified atom stereocenters. The molecule has 3 rings (SSSR count). The van der Waals surface area contributed by atoms with E-state index in [1.807, 2.05) is 42.5 Å². The predicted octanol–water partition coefficient (Wildman–Crippen LogP) is 3.78. The van der Waals surface area contributed by atoms with Gasteiger partial charge in [-0.15, -0.1) is 0 Å². The fraction of sp³-hybridized carbons (Fsp3) is 0.238. The van der Waals surface area contributed by atoms with Gasteiger partial charge >= 0.3 is 0 Å². The second-order valence-corrected chi connectivity index (χ2v) is 6.07. The van der Waals surface area contributed by atoms with Crippen molar-refractivity contribution in [3.8, 4) is 22.9 Å². The molecule has 0 saturated carbocycles. The highest BCUT2D eigenvalue weighted by Gasteiger charge is 2.22. The normalized spacial score (nSPS) is 14.6. The molecule has 4 heteroatoms. The van der Waals surface area contributed by atoms with Crippen molar-refractivity contribution in [1.29, 1.82) is 5.26 Å². The van der Waals surface area contributed by atoms with Crippen LogP contribution in [0.25, 0.3) is 11.1 Å². The lowest BCUT2D eigenvalue weighted by molar-refractivity contribution is -0.127. The first-order valence-corrected chi connectivity index (χ1v) is 8.38. The van der Waals surface area contributed by atoms with Crippen molar-refractivity contribution in [1.82, 2.24) is 4.90 Å². The number of hydrogen-bond donors (Lipinski definition) is 0. The quantitative estimate of drug-likeness (QED) is 0.801. The van der Waals surface area contributed by atoms with Gasteiger partial charge in [0.2, 0.25) is 5.91 Å². The number of carbonyl (C=O) groups is 1.